The van der Waals surface area contributed by atoms with Crippen molar-refractivity contribution in [2.75, 3.05) is 6.54 Å². The number of benzene rings is 3. The summed E-state index contributed by atoms with van der Waals surface area (Å²) in [5, 5.41) is 22.7. The highest BCUT2D eigenvalue weighted by Crippen LogP contribution is 2.40. The fraction of sp³-hybridized carbons (Fsp3) is 0.111. The summed E-state index contributed by atoms with van der Waals surface area (Å²) in [4.78, 5) is 38.7. The van der Waals surface area contributed by atoms with Gasteiger partial charge in [-0.25, -0.2) is 0 Å². The number of carbonyl (C=O) groups is 2. The summed E-state index contributed by atoms with van der Waals surface area (Å²) in [6.45, 7) is 0.228. The van der Waals surface area contributed by atoms with Crippen LogP contribution >= 0.6 is 0 Å². The van der Waals surface area contributed by atoms with E-state index in [1.807, 2.05) is 36.4 Å². The number of ketones is 1. The number of hydrogen-bond acceptors (Lipinski definition) is 6. The lowest BCUT2D eigenvalue weighted by Gasteiger charge is -2.26. The molecule has 0 unspecified atom stereocenters. The standard InChI is InChI=1S/C27H20N2O6/c30-25(22-16-19-8-4-5-9-21(19)35-22)23-24(18-10-12-20(13-11-18)29(33)34)28(27(32)26(23)31)15-14-17-6-2-1-3-7-17/h1-13,16,24,31H,14-15H2/t24-/m0/s1. The molecule has 0 fully saturated rings. The second kappa shape index (κ2) is 8.90. The van der Waals surface area contributed by atoms with Crippen molar-refractivity contribution in [1.29, 1.82) is 0 Å². The minimum atomic E-state index is -0.923. The molecule has 8 heteroatoms. The molecule has 1 aliphatic heterocycles. The molecule has 174 valence electrons. The van der Waals surface area contributed by atoms with Crippen LogP contribution in [0, 0.1) is 10.1 Å². The number of fused-ring (bicyclic) bond motifs is 1. The largest absolute Gasteiger partial charge is 0.503 e. The molecule has 5 rings (SSSR count). The van der Waals surface area contributed by atoms with E-state index in [1.165, 1.54) is 29.2 Å². The molecule has 4 aromatic rings. The number of hydrogen-bond donors (Lipinski definition) is 1. The highest BCUT2D eigenvalue weighted by molar-refractivity contribution is 6.16. The molecule has 3 aromatic carbocycles. The Morgan fingerprint density at radius 2 is 1.69 bits per heavy atom. The number of aliphatic hydroxyl groups is 1. The van der Waals surface area contributed by atoms with Gasteiger partial charge in [0.1, 0.15) is 5.58 Å². The number of non-ortho nitro benzene ring substituents is 1. The fourth-order valence-electron chi connectivity index (χ4n) is 4.36. The lowest BCUT2D eigenvalue weighted by atomic mass is 9.94. The third kappa shape index (κ3) is 4.06. The van der Waals surface area contributed by atoms with Gasteiger partial charge in [0.2, 0.25) is 5.78 Å². The molecule has 1 amide bonds. The molecule has 0 aliphatic carbocycles. The first-order valence-corrected chi connectivity index (χ1v) is 11.0. The first-order chi connectivity index (χ1) is 16.9. The smallest absolute Gasteiger partial charge is 0.290 e. The number of Topliss-reactive ketones (excluding diaryl/α,β-unsaturated/α-hetero) is 1. The van der Waals surface area contributed by atoms with Crippen LogP contribution in [0.1, 0.15) is 27.7 Å². The molecule has 1 aromatic heterocycles. The fourth-order valence-corrected chi connectivity index (χ4v) is 4.36. The summed E-state index contributed by atoms with van der Waals surface area (Å²) in [5.74, 6) is -1.94. The number of amides is 1. The Bertz CT molecular complexity index is 1440. The Kier molecular flexibility index (Phi) is 5.62. The number of para-hydroxylation sites is 1. The van der Waals surface area contributed by atoms with E-state index in [2.05, 4.69) is 0 Å². The normalized spacial score (nSPS) is 15.7. The first kappa shape index (κ1) is 22.1. The maximum absolute atomic E-state index is 13.6. The second-order valence-electron chi connectivity index (χ2n) is 8.23. The molecule has 0 saturated carbocycles. The molecule has 35 heavy (non-hydrogen) atoms. The first-order valence-electron chi connectivity index (χ1n) is 11.0. The average molecular weight is 468 g/mol. The summed E-state index contributed by atoms with van der Waals surface area (Å²) in [6, 6.07) is 22.9. The number of rotatable bonds is 7. The van der Waals surface area contributed by atoms with Crippen molar-refractivity contribution in [1.82, 2.24) is 4.90 Å². The van der Waals surface area contributed by atoms with Gasteiger partial charge in [0, 0.05) is 24.1 Å². The molecule has 2 heterocycles. The van der Waals surface area contributed by atoms with Crippen molar-refractivity contribution in [3.05, 3.63) is 123 Å². The Hall–Kier alpha value is -4.72. The summed E-state index contributed by atoms with van der Waals surface area (Å²) in [5.41, 5.74) is 1.73. The van der Waals surface area contributed by atoms with E-state index in [-0.39, 0.29) is 23.6 Å². The van der Waals surface area contributed by atoms with Crippen LogP contribution in [0.2, 0.25) is 0 Å². The predicted molar refractivity (Wildman–Crippen MR) is 128 cm³/mol. The molecule has 0 saturated heterocycles. The average Bonchev–Trinajstić information content (AvgIpc) is 3.42. The quantitative estimate of drug-likeness (QED) is 0.228. The number of nitro benzene ring substituents is 1. The van der Waals surface area contributed by atoms with Crippen LogP contribution < -0.4 is 0 Å². The lowest BCUT2D eigenvalue weighted by Crippen LogP contribution is -2.33. The molecule has 0 radical (unpaired) electrons. The van der Waals surface area contributed by atoms with E-state index in [4.69, 9.17) is 4.42 Å². The van der Waals surface area contributed by atoms with Crippen molar-refractivity contribution in [2.45, 2.75) is 12.5 Å². The molecule has 1 aliphatic rings. The number of nitro groups is 1. The van der Waals surface area contributed by atoms with E-state index in [9.17, 15) is 24.8 Å². The molecule has 1 atom stereocenters. The van der Waals surface area contributed by atoms with Crippen LogP contribution in [0.25, 0.3) is 11.0 Å². The third-order valence-corrected chi connectivity index (χ3v) is 6.10. The Balaban J connectivity index is 1.55. The Labute approximate surface area is 199 Å². The van der Waals surface area contributed by atoms with E-state index < -0.39 is 28.4 Å². The van der Waals surface area contributed by atoms with Gasteiger partial charge in [-0.15, -0.1) is 0 Å². The highest BCUT2D eigenvalue weighted by atomic mass is 16.6. The second-order valence-corrected chi connectivity index (χ2v) is 8.23. The van der Waals surface area contributed by atoms with Crippen LogP contribution in [0.4, 0.5) is 5.69 Å². The van der Waals surface area contributed by atoms with E-state index >= 15 is 0 Å². The Morgan fingerprint density at radius 1 is 1.00 bits per heavy atom. The number of nitrogens with zero attached hydrogens (tertiary/aromatic N) is 2. The van der Waals surface area contributed by atoms with E-state index in [1.54, 1.807) is 24.3 Å². The van der Waals surface area contributed by atoms with Crippen molar-refractivity contribution in [2.24, 2.45) is 0 Å². The molecular formula is C27H20N2O6. The summed E-state index contributed by atoms with van der Waals surface area (Å²) < 4.78 is 5.71. The van der Waals surface area contributed by atoms with E-state index in [0.29, 0.717) is 23.0 Å². The number of furan rings is 1. The zero-order chi connectivity index (χ0) is 24.5. The van der Waals surface area contributed by atoms with Gasteiger partial charge in [-0.05, 0) is 41.8 Å². The zero-order valence-corrected chi connectivity index (χ0v) is 18.5. The summed E-state index contributed by atoms with van der Waals surface area (Å²) in [6.07, 6.45) is 0.495. The van der Waals surface area contributed by atoms with Crippen LogP contribution in [0.3, 0.4) is 0 Å². The monoisotopic (exact) mass is 468 g/mol. The van der Waals surface area contributed by atoms with Gasteiger partial charge in [0.05, 0.1) is 16.5 Å². The topological polar surface area (TPSA) is 114 Å². The van der Waals surface area contributed by atoms with Gasteiger partial charge in [-0.2, -0.15) is 0 Å². The number of carbonyl (C=O) groups excluding carboxylic acids is 2. The zero-order valence-electron chi connectivity index (χ0n) is 18.5. The maximum atomic E-state index is 13.6. The predicted octanol–water partition coefficient (Wildman–Crippen LogP) is 5.16. The van der Waals surface area contributed by atoms with Crippen LogP contribution in [-0.2, 0) is 11.2 Å². The van der Waals surface area contributed by atoms with Crippen molar-refractivity contribution < 1.29 is 24.0 Å². The third-order valence-electron chi connectivity index (χ3n) is 6.10. The van der Waals surface area contributed by atoms with E-state index in [0.717, 1.165) is 5.56 Å². The molecule has 0 spiro atoms. The Morgan fingerprint density at radius 3 is 2.37 bits per heavy atom. The van der Waals surface area contributed by atoms with Crippen LogP contribution in [0.15, 0.2) is 101 Å². The lowest BCUT2D eigenvalue weighted by molar-refractivity contribution is -0.384. The number of aliphatic hydroxyl groups excluding tert-OH is 1. The van der Waals surface area contributed by atoms with Gasteiger partial charge in [-0.3, -0.25) is 19.7 Å². The highest BCUT2D eigenvalue weighted by Gasteiger charge is 2.44. The van der Waals surface area contributed by atoms with Crippen LogP contribution in [0.5, 0.6) is 0 Å². The van der Waals surface area contributed by atoms with Crippen molar-refractivity contribution in [3.8, 4) is 0 Å². The molecule has 8 nitrogen and oxygen atoms in total. The SMILES string of the molecule is O=C(C1=C(O)C(=O)N(CCc2ccccc2)[C@H]1c1ccc([N+](=O)[O-])cc1)c1cc2ccccc2o1. The van der Waals surface area contributed by atoms with Gasteiger partial charge in [0.25, 0.3) is 11.6 Å². The van der Waals surface area contributed by atoms with Gasteiger partial charge in [-0.1, -0.05) is 48.5 Å². The van der Waals surface area contributed by atoms with Crippen molar-refractivity contribution in [3.63, 3.8) is 0 Å². The summed E-state index contributed by atoms with van der Waals surface area (Å²) >= 11 is 0. The minimum absolute atomic E-state index is 0.00243. The van der Waals surface area contributed by atoms with Gasteiger partial charge in [0.15, 0.2) is 11.5 Å². The molecular weight excluding hydrogens is 448 g/mol. The minimum Gasteiger partial charge on any atom is -0.503 e. The van der Waals surface area contributed by atoms with Crippen molar-refractivity contribution >= 4 is 28.3 Å². The van der Waals surface area contributed by atoms with Gasteiger partial charge < -0.3 is 14.4 Å². The van der Waals surface area contributed by atoms with Crippen LogP contribution in [-0.4, -0.2) is 33.2 Å². The summed E-state index contributed by atoms with van der Waals surface area (Å²) in [7, 11) is 0. The van der Waals surface area contributed by atoms with Gasteiger partial charge >= 0.3 is 0 Å². The molecule has 1 N–H and O–H groups in total. The maximum Gasteiger partial charge on any atom is 0.290 e. The molecule has 0 bridgehead atoms.